The zero-order chi connectivity index (χ0) is 18.0. The fourth-order valence-corrected chi connectivity index (χ4v) is 4.23. The maximum atomic E-state index is 12.1. The number of carbonyl (C=O) groups is 1. The smallest absolute Gasteiger partial charge is 0.223 e. The van der Waals surface area contributed by atoms with E-state index in [9.17, 15) is 4.79 Å². The van der Waals surface area contributed by atoms with Gasteiger partial charge in [0, 0.05) is 17.4 Å². The van der Waals surface area contributed by atoms with Gasteiger partial charge in [0.05, 0.1) is 23.1 Å². The highest BCUT2D eigenvalue weighted by Crippen LogP contribution is 2.44. The van der Waals surface area contributed by atoms with Crippen LogP contribution < -0.4 is 5.73 Å². The fourth-order valence-electron chi connectivity index (χ4n) is 3.75. The molecule has 7 heteroatoms. The van der Waals surface area contributed by atoms with E-state index in [1.54, 1.807) is 18.2 Å². The van der Waals surface area contributed by atoms with Crippen molar-refractivity contribution in [3.8, 4) is 17.4 Å². The number of nitrogens with zero attached hydrogens (tertiary/aromatic N) is 3. The van der Waals surface area contributed by atoms with E-state index in [4.69, 9.17) is 15.5 Å². The summed E-state index contributed by atoms with van der Waals surface area (Å²) in [5, 5.41) is 13.3. The molecule has 0 spiro atoms. The summed E-state index contributed by atoms with van der Waals surface area (Å²) in [4.78, 5) is 14.2. The lowest BCUT2D eigenvalue weighted by molar-refractivity contribution is -0.125. The van der Waals surface area contributed by atoms with Crippen LogP contribution in [-0.4, -0.2) is 35.3 Å². The summed E-state index contributed by atoms with van der Waals surface area (Å²) < 4.78 is 5.55. The summed E-state index contributed by atoms with van der Waals surface area (Å²) in [6, 6.07) is 11.1. The number of thiol groups is 1. The zero-order valence-corrected chi connectivity index (χ0v) is 14.9. The SMILES string of the molecule is CN1CCC[C@]1(c1cc(-c2cccc(C#N)c2)on1)C(CS)C(N)=O. The lowest BCUT2D eigenvalue weighted by Crippen LogP contribution is -2.51. The van der Waals surface area contributed by atoms with E-state index in [-0.39, 0.29) is 5.91 Å². The summed E-state index contributed by atoms with van der Waals surface area (Å²) in [5.41, 5.74) is 7.06. The lowest BCUT2D eigenvalue weighted by Gasteiger charge is -2.39. The molecule has 6 nitrogen and oxygen atoms in total. The third-order valence-electron chi connectivity index (χ3n) is 5.06. The molecule has 0 aliphatic carbocycles. The second-order valence-corrected chi connectivity index (χ2v) is 6.72. The number of rotatable bonds is 5. The van der Waals surface area contributed by atoms with Crippen LogP contribution in [0, 0.1) is 17.2 Å². The van der Waals surface area contributed by atoms with Gasteiger partial charge in [0.15, 0.2) is 5.76 Å². The first-order valence-corrected chi connectivity index (χ1v) is 8.75. The predicted molar refractivity (Wildman–Crippen MR) is 96.7 cm³/mol. The molecular weight excluding hydrogens is 336 g/mol. The zero-order valence-electron chi connectivity index (χ0n) is 14.0. The van der Waals surface area contributed by atoms with Crippen molar-refractivity contribution in [1.29, 1.82) is 5.26 Å². The number of likely N-dealkylation sites (tertiary alicyclic amines) is 1. The maximum absolute atomic E-state index is 12.1. The molecule has 2 aromatic rings. The van der Waals surface area contributed by atoms with Gasteiger partial charge in [-0.3, -0.25) is 9.69 Å². The van der Waals surface area contributed by atoms with Gasteiger partial charge in [-0.05, 0) is 38.6 Å². The van der Waals surface area contributed by atoms with Crippen molar-refractivity contribution < 1.29 is 9.32 Å². The molecule has 1 unspecified atom stereocenters. The molecule has 1 amide bonds. The quantitative estimate of drug-likeness (QED) is 0.801. The first-order chi connectivity index (χ1) is 12.0. The summed E-state index contributed by atoms with van der Waals surface area (Å²) in [6.07, 6.45) is 1.71. The molecule has 1 aliphatic rings. The summed E-state index contributed by atoms with van der Waals surface area (Å²) in [7, 11) is 1.97. The molecule has 2 heterocycles. The molecular formula is C18H20N4O2S. The molecule has 2 N–H and O–H groups in total. The first kappa shape index (κ1) is 17.5. The lowest BCUT2D eigenvalue weighted by atomic mass is 9.79. The van der Waals surface area contributed by atoms with Crippen LogP contribution >= 0.6 is 12.6 Å². The number of hydrogen-bond acceptors (Lipinski definition) is 6. The highest BCUT2D eigenvalue weighted by molar-refractivity contribution is 7.80. The van der Waals surface area contributed by atoms with Crippen LogP contribution in [-0.2, 0) is 10.3 Å². The Balaban J connectivity index is 2.06. The number of primary amides is 1. The van der Waals surface area contributed by atoms with Crippen LogP contribution in [0.15, 0.2) is 34.9 Å². The maximum Gasteiger partial charge on any atom is 0.223 e. The topological polar surface area (TPSA) is 96.2 Å². The Morgan fingerprint density at radius 3 is 2.96 bits per heavy atom. The van der Waals surface area contributed by atoms with Crippen molar-refractivity contribution in [2.45, 2.75) is 18.4 Å². The van der Waals surface area contributed by atoms with Crippen molar-refractivity contribution in [2.24, 2.45) is 11.7 Å². The third-order valence-corrected chi connectivity index (χ3v) is 5.43. The van der Waals surface area contributed by atoms with Crippen LogP contribution in [0.4, 0.5) is 0 Å². The molecule has 3 rings (SSSR count). The van der Waals surface area contributed by atoms with E-state index in [2.05, 4.69) is 28.8 Å². The third kappa shape index (κ3) is 2.92. The van der Waals surface area contributed by atoms with Crippen LogP contribution in [0.3, 0.4) is 0 Å². The average molecular weight is 356 g/mol. The number of aromatic nitrogens is 1. The van der Waals surface area contributed by atoms with Crippen LogP contribution in [0.2, 0.25) is 0 Å². The molecule has 0 radical (unpaired) electrons. The van der Waals surface area contributed by atoms with E-state index in [1.807, 2.05) is 19.2 Å². The van der Waals surface area contributed by atoms with E-state index in [0.717, 1.165) is 24.9 Å². The van der Waals surface area contributed by atoms with Crippen molar-refractivity contribution in [1.82, 2.24) is 10.1 Å². The highest BCUT2D eigenvalue weighted by atomic mass is 32.1. The van der Waals surface area contributed by atoms with Gasteiger partial charge >= 0.3 is 0 Å². The standard InChI is InChI=1S/C18H20N4O2S/c1-22-7-3-6-18(22,14(11-25)17(20)23)16-9-15(24-21-16)13-5-2-4-12(8-13)10-19/h2,4-5,8-9,14,25H,3,6-7,11H2,1H3,(H2,20,23)/t14?,18-/m1/s1. The number of amides is 1. The molecule has 25 heavy (non-hydrogen) atoms. The van der Waals surface area contributed by atoms with Crippen molar-refractivity contribution >= 4 is 18.5 Å². The molecule has 2 atom stereocenters. The molecule has 1 fully saturated rings. The Morgan fingerprint density at radius 2 is 2.36 bits per heavy atom. The Kier molecular flexibility index (Phi) is 4.84. The average Bonchev–Trinajstić information content (AvgIpc) is 3.23. The Morgan fingerprint density at radius 1 is 1.56 bits per heavy atom. The van der Waals surface area contributed by atoms with E-state index >= 15 is 0 Å². The highest BCUT2D eigenvalue weighted by Gasteiger charge is 2.50. The van der Waals surface area contributed by atoms with Gasteiger partial charge in [-0.1, -0.05) is 17.3 Å². The monoisotopic (exact) mass is 356 g/mol. The van der Waals surface area contributed by atoms with Gasteiger partial charge in [-0.25, -0.2) is 0 Å². The number of nitrogens with two attached hydrogens (primary N) is 1. The molecule has 130 valence electrons. The van der Waals surface area contributed by atoms with E-state index < -0.39 is 11.5 Å². The Hall–Kier alpha value is -2.30. The van der Waals surface area contributed by atoms with Gasteiger partial charge in [-0.2, -0.15) is 17.9 Å². The van der Waals surface area contributed by atoms with Crippen molar-refractivity contribution in [3.63, 3.8) is 0 Å². The number of carbonyl (C=O) groups excluding carboxylic acids is 1. The van der Waals surface area contributed by atoms with Gasteiger partial charge in [0.1, 0.15) is 5.69 Å². The van der Waals surface area contributed by atoms with E-state index in [0.29, 0.717) is 22.8 Å². The van der Waals surface area contributed by atoms with Crippen LogP contribution in [0.1, 0.15) is 24.1 Å². The van der Waals surface area contributed by atoms with E-state index in [1.165, 1.54) is 0 Å². The molecule has 0 saturated carbocycles. The van der Waals surface area contributed by atoms with Gasteiger partial charge in [0.2, 0.25) is 5.91 Å². The summed E-state index contributed by atoms with van der Waals surface area (Å²) in [5.74, 6) is 0.0480. The van der Waals surface area contributed by atoms with Crippen LogP contribution in [0.5, 0.6) is 0 Å². The minimum absolute atomic E-state index is 0.339. The first-order valence-electron chi connectivity index (χ1n) is 8.12. The number of nitriles is 1. The second kappa shape index (κ2) is 6.90. The Bertz CT molecular complexity index is 828. The van der Waals surface area contributed by atoms with Crippen molar-refractivity contribution in [3.05, 3.63) is 41.6 Å². The molecule has 1 aliphatic heterocycles. The normalized spacial score (nSPS) is 21.8. The van der Waals surface area contributed by atoms with Gasteiger partial charge in [0.25, 0.3) is 0 Å². The number of hydrogen-bond donors (Lipinski definition) is 2. The summed E-state index contributed by atoms with van der Waals surface area (Å²) >= 11 is 4.36. The minimum atomic E-state index is -0.609. The molecule has 1 aromatic heterocycles. The van der Waals surface area contributed by atoms with Gasteiger partial charge < -0.3 is 10.3 Å². The number of benzene rings is 1. The van der Waals surface area contributed by atoms with Gasteiger partial charge in [-0.15, -0.1) is 0 Å². The fraction of sp³-hybridized carbons (Fsp3) is 0.389. The Labute approximate surface area is 152 Å². The van der Waals surface area contributed by atoms with Crippen molar-refractivity contribution in [2.75, 3.05) is 19.3 Å². The largest absolute Gasteiger partial charge is 0.369 e. The molecule has 1 saturated heterocycles. The second-order valence-electron chi connectivity index (χ2n) is 6.36. The molecule has 1 aromatic carbocycles. The predicted octanol–water partition coefficient (Wildman–Crippen LogP) is 2.17. The van der Waals surface area contributed by atoms with Crippen LogP contribution in [0.25, 0.3) is 11.3 Å². The minimum Gasteiger partial charge on any atom is -0.369 e. The molecule has 0 bridgehead atoms. The summed E-state index contributed by atoms with van der Waals surface area (Å²) in [6.45, 7) is 0.851.